The highest BCUT2D eigenvalue weighted by Crippen LogP contribution is 2.10. The molecule has 1 amide bonds. The third kappa shape index (κ3) is 4.30. The van der Waals surface area contributed by atoms with Gasteiger partial charge in [-0.05, 0) is 30.2 Å². The summed E-state index contributed by atoms with van der Waals surface area (Å²) in [5.41, 5.74) is 2.27. The Morgan fingerprint density at radius 1 is 1.08 bits per heavy atom. The van der Waals surface area contributed by atoms with Gasteiger partial charge in [0.05, 0.1) is 12.3 Å². The summed E-state index contributed by atoms with van der Waals surface area (Å²) < 4.78 is 1.68. The predicted molar refractivity (Wildman–Crippen MR) is 94.5 cm³/mol. The Morgan fingerprint density at radius 2 is 1.92 bits per heavy atom. The second kappa shape index (κ2) is 8.21. The zero-order chi connectivity index (χ0) is 17.5. The van der Waals surface area contributed by atoms with Gasteiger partial charge >= 0.3 is 0 Å². The fourth-order valence-electron chi connectivity index (χ4n) is 2.61. The molecule has 0 aliphatic rings. The standard InChI is InChI=1S/C19H20N4O2/c24-14-13-22(12-8-16-5-2-1-3-6-16)19(25)18-15-17(7-10-20-18)23-11-4-9-21-23/h1-7,9-11,15,24H,8,12-14H2. The lowest BCUT2D eigenvalue weighted by Gasteiger charge is -2.21. The zero-order valence-electron chi connectivity index (χ0n) is 13.8. The van der Waals surface area contributed by atoms with Crippen molar-refractivity contribution in [3.05, 3.63) is 78.4 Å². The van der Waals surface area contributed by atoms with Crippen molar-refractivity contribution in [2.75, 3.05) is 19.7 Å². The second-order valence-electron chi connectivity index (χ2n) is 5.60. The van der Waals surface area contributed by atoms with Crippen LogP contribution in [0.5, 0.6) is 0 Å². The van der Waals surface area contributed by atoms with E-state index in [4.69, 9.17) is 0 Å². The second-order valence-corrected chi connectivity index (χ2v) is 5.60. The first kappa shape index (κ1) is 16.9. The van der Waals surface area contributed by atoms with E-state index in [1.807, 2.05) is 42.6 Å². The molecular weight excluding hydrogens is 316 g/mol. The molecule has 0 fully saturated rings. The van der Waals surface area contributed by atoms with Gasteiger partial charge in [0.2, 0.25) is 0 Å². The molecule has 0 bridgehead atoms. The first-order chi connectivity index (χ1) is 12.3. The Balaban J connectivity index is 1.75. The molecule has 0 radical (unpaired) electrons. The lowest BCUT2D eigenvalue weighted by Crippen LogP contribution is -2.35. The highest BCUT2D eigenvalue weighted by Gasteiger charge is 2.17. The highest BCUT2D eigenvalue weighted by molar-refractivity contribution is 5.92. The van der Waals surface area contributed by atoms with Crippen LogP contribution in [0.2, 0.25) is 0 Å². The lowest BCUT2D eigenvalue weighted by molar-refractivity contribution is 0.0718. The molecule has 0 aliphatic heterocycles. The van der Waals surface area contributed by atoms with Crippen molar-refractivity contribution < 1.29 is 9.90 Å². The van der Waals surface area contributed by atoms with Crippen molar-refractivity contribution in [3.63, 3.8) is 0 Å². The molecule has 0 unspecified atom stereocenters. The number of amides is 1. The number of benzene rings is 1. The van der Waals surface area contributed by atoms with Gasteiger partial charge < -0.3 is 10.0 Å². The Kier molecular flexibility index (Phi) is 5.53. The molecule has 2 aromatic heterocycles. The molecule has 25 heavy (non-hydrogen) atoms. The Hall–Kier alpha value is -2.99. The van der Waals surface area contributed by atoms with Crippen molar-refractivity contribution in [1.82, 2.24) is 19.7 Å². The van der Waals surface area contributed by atoms with Gasteiger partial charge in [0, 0.05) is 31.7 Å². The van der Waals surface area contributed by atoms with Gasteiger partial charge in [-0.3, -0.25) is 9.78 Å². The van der Waals surface area contributed by atoms with E-state index in [0.717, 1.165) is 17.7 Å². The van der Waals surface area contributed by atoms with Gasteiger partial charge in [0.25, 0.3) is 5.91 Å². The third-order valence-corrected chi connectivity index (χ3v) is 3.90. The fraction of sp³-hybridized carbons (Fsp3) is 0.211. The summed E-state index contributed by atoms with van der Waals surface area (Å²) in [6.07, 6.45) is 5.81. The van der Waals surface area contributed by atoms with Crippen LogP contribution >= 0.6 is 0 Å². The van der Waals surface area contributed by atoms with Crippen LogP contribution in [0.3, 0.4) is 0 Å². The molecule has 1 aromatic carbocycles. The van der Waals surface area contributed by atoms with E-state index in [2.05, 4.69) is 10.1 Å². The van der Waals surface area contributed by atoms with E-state index in [9.17, 15) is 9.90 Å². The van der Waals surface area contributed by atoms with Gasteiger partial charge in [-0.2, -0.15) is 5.10 Å². The van der Waals surface area contributed by atoms with E-state index >= 15 is 0 Å². The Labute approximate surface area is 146 Å². The molecule has 3 rings (SSSR count). The van der Waals surface area contributed by atoms with Crippen LogP contribution in [-0.4, -0.2) is 50.4 Å². The van der Waals surface area contributed by atoms with E-state index in [-0.39, 0.29) is 19.1 Å². The van der Waals surface area contributed by atoms with Crippen LogP contribution in [-0.2, 0) is 6.42 Å². The van der Waals surface area contributed by atoms with Crippen LogP contribution in [0.15, 0.2) is 67.1 Å². The normalized spacial score (nSPS) is 10.6. The van der Waals surface area contributed by atoms with Crippen LogP contribution in [0.4, 0.5) is 0 Å². The number of hydrogen-bond donors (Lipinski definition) is 1. The van der Waals surface area contributed by atoms with Crippen LogP contribution < -0.4 is 0 Å². The van der Waals surface area contributed by atoms with Crippen LogP contribution in [0, 0.1) is 0 Å². The number of carbonyl (C=O) groups excluding carboxylic acids is 1. The molecule has 0 spiro atoms. The van der Waals surface area contributed by atoms with Crippen molar-refractivity contribution in [3.8, 4) is 5.69 Å². The summed E-state index contributed by atoms with van der Waals surface area (Å²) >= 11 is 0. The summed E-state index contributed by atoms with van der Waals surface area (Å²) in [7, 11) is 0. The summed E-state index contributed by atoms with van der Waals surface area (Å²) in [5.74, 6) is -0.195. The number of rotatable bonds is 7. The number of aliphatic hydroxyl groups excluding tert-OH is 1. The van der Waals surface area contributed by atoms with E-state index in [0.29, 0.717) is 12.2 Å². The maximum Gasteiger partial charge on any atom is 0.272 e. The number of aromatic nitrogens is 3. The van der Waals surface area contributed by atoms with Crippen LogP contribution in [0.1, 0.15) is 16.1 Å². The molecule has 0 atom stereocenters. The third-order valence-electron chi connectivity index (χ3n) is 3.90. The highest BCUT2D eigenvalue weighted by atomic mass is 16.3. The zero-order valence-corrected chi connectivity index (χ0v) is 13.8. The van der Waals surface area contributed by atoms with Gasteiger partial charge in [0.1, 0.15) is 5.69 Å². The maximum atomic E-state index is 12.8. The average molecular weight is 336 g/mol. The molecule has 1 N–H and O–H groups in total. The van der Waals surface area contributed by atoms with Gasteiger partial charge in [-0.25, -0.2) is 4.68 Å². The molecular formula is C19H20N4O2. The van der Waals surface area contributed by atoms with Gasteiger partial charge in [-0.1, -0.05) is 30.3 Å². The summed E-state index contributed by atoms with van der Waals surface area (Å²) in [6.45, 7) is 0.718. The number of nitrogens with zero attached hydrogens (tertiary/aromatic N) is 4. The minimum Gasteiger partial charge on any atom is -0.395 e. The number of aliphatic hydroxyl groups is 1. The summed E-state index contributed by atoms with van der Waals surface area (Å²) in [6, 6.07) is 15.3. The monoisotopic (exact) mass is 336 g/mol. The first-order valence-electron chi connectivity index (χ1n) is 8.18. The predicted octanol–water partition coefficient (Wildman–Crippen LogP) is 1.94. The van der Waals surface area contributed by atoms with Gasteiger partial charge in [0.15, 0.2) is 0 Å². The fourth-order valence-corrected chi connectivity index (χ4v) is 2.61. The molecule has 3 aromatic rings. The van der Waals surface area contributed by atoms with Crippen molar-refractivity contribution in [2.24, 2.45) is 0 Å². The molecule has 6 nitrogen and oxygen atoms in total. The quantitative estimate of drug-likeness (QED) is 0.716. The van der Waals surface area contributed by atoms with Crippen molar-refractivity contribution >= 4 is 5.91 Å². The maximum absolute atomic E-state index is 12.8. The SMILES string of the molecule is O=C(c1cc(-n2cccn2)ccn1)N(CCO)CCc1ccccc1. The minimum absolute atomic E-state index is 0.0840. The summed E-state index contributed by atoms with van der Waals surface area (Å²) in [4.78, 5) is 18.6. The molecule has 0 aliphatic carbocycles. The molecule has 0 saturated heterocycles. The van der Waals surface area contributed by atoms with Crippen LogP contribution in [0.25, 0.3) is 5.69 Å². The van der Waals surface area contributed by atoms with Crippen molar-refractivity contribution in [2.45, 2.75) is 6.42 Å². The Morgan fingerprint density at radius 3 is 2.64 bits per heavy atom. The van der Waals surface area contributed by atoms with E-state index in [1.165, 1.54) is 0 Å². The summed E-state index contributed by atoms with van der Waals surface area (Å²) in [5, 5.41) is 13.5. The lowest BCUT2D eigenvalue weighted by atomic mass is 10.1. The molecule has 6 heteroatoms. The Bertz CT molecular complexity index is 803. The van der Waals surface area contributed by atoms with E-state index in [1.54, 1.807) is 34.1 Å². The number of carbonyl (C=O) groups is 1. The molecule has 128 valence electrons. The van der Waals surface area contributed by atoms with Crippen molar-refractivity contribution in [1.29, 1.82) is 0 Å². The topological polar surface area (TPSA) is 71.2 Å². The van der Waals surface area contributed by atoms with Gasteiger partial charge in [-0.15, -0.1) is 0 Å². The number of pyridine rings is 1. The largest absolute Gasteiger partial charge is 0.395 e. The smallest absolute Gasteiger partial charge is 0.272 e. The van der Waals surface area contributed by atoms with E-state index < -0.39 is 0 Å². The average Bonchev–Trinajstić information content (AvgIpc) is 3.20. The first-order valence-corrected chi connectivity index (χ1v) is 8.18. The molecule has 2 heterocycles. The number of hydrogen-bond acceptors (Lipinski definition) is 4. The molecule has 0 saturated carbocycles. The minimum atomic E-state index is -0.195.